The number of unbranched alkanes of at least 4 members (excludes halogenated alkanes) is 37. The molecule has 3 atom stereocenters. The summed E-state index contributed by atoms with van der Waals surface area (Å²) in [7, 11) is 1.18. The monoisotopic (exact) mass is 1210 g/mol. The average molecular weight is 1210 g/mol. The van der Waals surface area contributed by atoms with Crippen molar-refractivity contribution in [1.82, 2.24) is 5.32 Å². The lowest BCUT2D eigenvalue weighted by molar-refractivity contribution is -0.870. The van der Waals surface area contributed by atoms with Crippen LogP contribution in [0.25, 0.3) is 0 Å². The molecule has 9 nitrogen and oxygen atoms in total. The number of phosphoric ester groups is 1. The third-order valence-electron chi connectivity index (χ3n) is 15.8. The van der Waals surface area contributed by atoms with E-state index in [2.05, 4.69) is 99.0 Å². The molecule has 0 fully saturated rings. The number of carbonyl (C=O) groups is 2. The van der Waals surface area contributed by atoms with Crippen LogP contribution in [0.15, 0.2) is 85.1 Å². The number of hydrogen-bond acceptors (Lipinski definition) is 7. The van der Waals surface area contributed by atoms with Crippen molar-refractivity contribution in [2.45, 2.75) is 341 Å². The fourth-order valence-corrected chi connectivity index (χ4v) is 11.0. The number of ether oxygens (including phenoxy) is 1. The molecule has 0 aliphatic heterocycles. The van der Waals surface area contributed by atoms with Gasteiger partial charge in [0.1, 0.15) is 19.3 Å². The number of hydrogen-bond donors (Lipinski definition) is 1. The van der Waals surface area contributed by atoms with Gasteiger partial charge >= 0.3 is 5.97 Å². The molecule has 3 unspecified atom stereocenters. The van der Waals surface area contributed by atoms with Crippen LogP contribution < -0.4 is 10.2 Å². The predicted octanol–water partition coefficient (Wildman–Crippen LogP) is 22.3. The van der Waals surface area contributed by atoms with Gasteiger partial charge in [0.2, 0.25) is 5.91 Å². The molecule has 0 aromatic rings. The largest absolute Gasteiger partial charge is 0.756 e. The molecule has 0 spiro atoms. The second-order valence-electron chi connectivity index (χ2n) is 25.4. The quantitative estimate of drug-likeness (QED) is 0.0212. The van der Waals surface area contributed by atoms with Gasteiger partial charge in [-0.25, -0.2) is 0 Å². The third-order valence-corrected chi connectivity index (χ3v) is 16.8. The fourth-order valence-electron chi connectivity index (χ4n) is 10.2. The zero-order chi connectivity index (χ0) is 62.1. The Hall–Kier alpha value is -2.81. The molecule has 0 bridgehead atoms. The van der Waals surface area contributed by atoms with E-state index >= 15 is 0 Å². The van der Waals surface area contributed by atoms with Crippen LogP contribution >= 0.6 is 7.82 Å². The lowest BCUT2D eigenvalue weighted by Gasteiger charge is -2.30. The second kappa shape index (κ2) is 64.2. The maximum absolute atomic E-state index is 13.6. The van der Waals surface area contributed by atoms with E-state index in [1.165, 1.54) is 199 Å². The minimum absolute atomic E-state index is 0.0266. The summed E-state index contributed by atoms with van der Waals surface area (Å²) < 4.78 is 30.5. The number of amides is 1. The highest BCUT2D eigenvalue weighted by atomic mass is 31.2. The van der Waals surface area contributed by atoms with Crippen LogP contribution in [0.4, 0.5) is 0 Å². The average Bonchev–Trinajstić information content (AvgIpc) is 3.52. The van der Waals surface area contributed by atoms with E-state index in [0.717, 1.165) is 96.3 Å². The number of allylic oxidation sites excluding steroid dienone is 13. The van der Waals surface area contributed by atoms with E-state index in [-0.39, 0.29) is 24.9 Å². The van der Waals surface area contributed by atoms with Gasteiger partial charge in [0.15, 0.2) is 0 Å². The summed E-state index contributed by atoms with van der Waals surface area (Å²) in [6.07, 6.45) is 85.5. The molecule has 0 aromatic heterocycles. The zero-order valence-corrected chi connectivity index (χ0v) is 57.4. The maximum Gasteiger partial charge on any atom is 0.306 e. The van der Waals surface area contributed by atoms with E-state index in [4.69, 9.17) is 13.8 Å². The van der Waals surface area contributed by atoms with Crippen molar-refractivity contribution in [3.63, 3.8) is 0 Å². The number of likely N-dealkylation sites (N-methyl/N-ethyl adjacent to an activating group) is 1. The van der Waals surface area contributed by atoms with Gasteiger partial charge in [-0.3, -0.25) is 14.2 Å². The summed E-state index contributed by atoms with van der Waals surface area (Å²) in [5.41, 5.74) is 0. The number of phosphoric acid groups is 1. The Labute approximate surface area is 526 Å². The van der Waals surface area contributed by atoms with Crippen molar-refractivity contribution in [2.24, 2.45) is 0 Å². The summed E-state index contributed by atoms with van der Waals surface area (Å²) in [6.45, 7) is 6.82. The highest BCUT2D eigenvalue weighted by molar-refractivity contribution is 7.45. The molecule has 0 aromatic carbocycles. The molecule has 494 valence electrons. The minimum atomic E-state index is -4.71. The summed E-state index contributed by atoms with van der Waals surface area (Å²) >= 11 is 0. The number of carbonyl (C=O) groups excluding carboxylic acids is 2. The van der Waals surface area contributed by atoms with Gasteiger partial charge in [-0.1, -0.05) is 292 Å². The van der Waals surface area contributed by atoms with Crippen LogP contribution in [-0.2, 0) is 27.9 Å². The Balaban J connectivity index is 5.14. The molecule has 10 heteroatoms. The Morgan fingerprint density at radius 2 is 0.718 bits per heavy atom. The van der Waals surface area contributed by atoms with E-state index < -0.39 is 26.6 Å². The summed E-state index contributed by atoms with van der Waals surface area (Å²) in [4.78, 5) is 40.2. The van der Waals surface area contributed by atoms with Crippen molar-refractivity contribution < 1.29 is 37.3 Å². The number of nitrogens with zero attached hydrogens (tertiary/aromatic N) is 1. The summed E-state index contributed by atoms with van der Waals surface area (Å²) in [5, 5.41) is 3.04. The standard InChI is InChI=1S/C75H137N2O7P/c1-7-10-13-16-19-22-25-28-30-32-34-36-38-40-42-44-46-49-52-55-58-61-64-67-74(78)76-72(71-83-85(80,81)82-70-69-77(4,5)6)73(66-63-60-57-54-51-48-27-24-21-18-15-12-9-3)84-75(79)68-65-62-59-56-53-50-47-45-43-41-39-37-35-33-31-29-26-23-20-17-14-11-8-2/h19-20,22-23,28-31,35,37,41,43,63,66,72-73H,7-18,21,24-27,32-34,36,38-40,42,44-62,64-65,67-71H2,1-6H3,(H-,76,78,80,81)/b22-19-,23-20-,30-28-,31-29-,37-35-,43-41-,66-63+. The van der Waals surface area contributed by atoms with Crippen molar-refractivity contribution >= 4 is 19.7 Å². The first kappa shape index (κ1) is 82.2. The second-order valence-corrected chi connectivity index (χ2v) is 26.8. The Morgan fingerprint density at radius 1 is 0.412 bits per heavy atom. The number of nitrogens with one attached hydrogen (secondary N) is 1. The van der Waals surface area contributed by atoms with Crippen molar-refractivity contribution in [3.05, 3.63) is 85.1 Å². The topological polar surface area (TPSA) is 114 Å². The first-order chi connectivity index (χ1) is 41.4. The highest BCUT2D eigenvalue weighted by Crippen LogP contribution is 2.38. The van der Waals surface area contributed by atoms with Gasteiger partial charge in [-0.2, -0.15) is 0 Å². The molecule has 0 saturated carbocycles. The van der Waals surface area contributed by atoms with Crippen LogP contribution in [0.1, 0.15) is 329 Å². The van der Waals surface area contributed by atoms with Gasteiger partial charge in [0.05, 0.1) is 33.8 Å². The van der Waals surface area contributed by atoms with Crippen LogP contribution in [0.5, 0.6) is 0 Å². The van der Waals surface area contributed by atoms with Crippen LogP contribution in [0.2, 0.25) is 0 Å². The van der Waals surface area contributed by atoms with E-state index in [1.54, 1.807) is 0 Å². The van der Waals surface area contributed by atoms with Gasteiger partial charge in [-0.05, 0) is 109 Å². The van der Waals surface area contributed by atoms with E-state index in [1.807, 2.05) is 33.3 Å². The molecule has 85 heavy (non-hydrogen) atoms. The lowest BCUT2D eigenvalue weighted by Crippen LogP contribution is -2.47. The number of rotatable bonds is 65. The molecule has 0 heterocycles. The lowest BCUT2D eigenvalue weighted by atomic mass is 10.0. The molecule has 0 rings (SSSR count). The molecule has 0 saturated heterocycles. The highest BCUT2D eigenvalue weighted by Gasteiger charge is 2.27. The smallest absolute Gasteiger partial charge is 0.306 e. The van der Waals surface area contributed by atoms with Crippen molar-refractivity contribution in [1.29, 1.82) is 0 Å². The molecule has 0 aliphatic rings. The fraction of sp³-hybridized carbons (Fsp3) is 0.787. The molecule has 1 N–H and O–H groups in total. The molecule has 0 aliphatic carbocycles. The normalized spacial score (nSPS) is 14.0. The van der Waals surface area contributed by atoms with Crippen LogP contribution in [0, 0.1) is 0 Å². The van der Waals surface area contributed by atoms with Crippen molar-refractivity contribution in [2.75, 3.05) is 40.9 Å². The molecular formula is C75H137N2O7P. The molecular weight excluding hydrogens is 1070 g/mol. The van der Waals surface area contributed by atoms with E-state index in [9.17, 15) is 19.0 Å². The zero-order valence-electron chi connectivity index (χ0n) is 56.6. The number of quaternary nitrogens is 1. The van der Waals surface area contributed by atoms with Gasteiger partial charge < -0.3 is 28.5 Å². The minimum Gasteiger partial charge on any atom is -0.756 e. The Kier molecular flexibility index (Phi) is 62.1. The maximum atomic E-state index is 13.6. The molecule has 0 radical (unpaired) electrons. The Morgan fingerprint density at radius 3 is 1.09 bits per heavy atom. The first-order valence-electron chi connectivity index (χ1n) is 35.9. The third kappa shape index (κ3) is 65.5. The summed E-state index contributed by atoms with van der Waals surface area (Å²) in [6, 6.07) is -0.898. The van der Waals surface area contributed by atoms with Gasteiger partial charge in [-0.15, -0.1) is 0 Å². The number of esters is 1. The van der Waals surface area contributed by atoms with Gasteiger partial charge in [0, 0.05) is 12.8 Å². The van der Waals surface area contributed by atoms with E-state index in [0.29, 0.717) is 17.4 Å². The Bertz CT molecular complexity index is 1730. The predicted molar refractivity (Wildman–Crippen MR) is 367 cm³/mol. The summed E-state index contributed by atoms with van der Waals surface area (Å²) in [5.74, 6) is -0.546. The molecule has 1 amide bonds. The van der Waals surface area contributed by atoms with Crippen molar-refractivity contribution in [3.8, 4) is 0 Å². The first-order valence-corrected chi connectivity index (χ1v) is 37.4. The SMILES string of the molecule is CCCCC/C=C\C/C=C\C/C=C\C/C=C\CCCCCCCCCC(=O)OC(/C=C/CCCCCCCCCCCCC)C(COP(=O)([O-])OCC[N+](C)(C)C)NC(=O)CCCCCCCCCCCCCCC/C=C\C/C=C\CCCCC. The van der Waals surface area contributed by atoms with Crippen LogP contribution in [-0.4, -0.2) is 69.4 Å². The van der Waals surface area contributed by atoms with Gasteiger partial charge in [0.25, 0.3) is 7.82 Å². The van der Waals surface area contributed by atoms with Crippen LogP contribution in [0.3, 0.4) is 0 Å².